The molecule has 4 heterocycles. The molecule has 9 heteroatoms. The quantitative estimate of drug-likeness (QED) is 0.551. The number of carbonyl (C=O) groups excluding carboxylic acids is 1. The number of aryl methyl sites for hydroxylation is 1. The van der Waals surface area contributed by atoms with Crippen molar-refractivity contribution in [2.75, 3.05) is 37.0 Å². The molecule has 1 fully saturated rings. The summed E-state index contributed by atoms with van der Waals surface area (Å²) >= 11 is 5.91. The number of methoxy groups -OCH3 is 1. The smallest absolute Gasteiger partial charge is 0.259 e. The number of amides is 1. The maximum absolute atomic E-state index is 12.9. The highest BCUT2D eigenvalue weighted by Gasteiger charge is 2.22. The maximum atomic E-state index is 12.9. The van der Waals surface area contributed by atoms with Gasteiger partial charge in [0.2, 0.25) is 0 Å². The van der Waals surface area contributed by atoms with Crippen LogP contribution in [0, 0.1) is 19.8 Å². The Balaban J connectivity index is 1.41. The third-order valence-electron chi connectivity index (χ3n) is 6.14. The van der Waals surface area contributed by atoms with E-state index in [4.69, 9.17) is 16.3 Å². The number of pyridine rings is 2. The molecule has 8 nitrogen and oxygen atoms in total. The van der Waals surface area contributed by atoms with Gasteiger partial charge in [0, 0.05) is 33.0 Å². The standard InChI is InChI=1S/C24H29ClN6O2/c1-16-12-20(14-27-23(16)30-9-6-18(7-10-30)8-11-33-3)29-24(32)21-15-28-31(17(21)2)22-5-4-19(25)13-26-22/h4-5,12-15,18H,6-11H2,1-3H3,(H,29,32). The lowest BCUT2D eigenvalue weighted by Crippen LogP contribution is -2.35. The van der Waals surface area contributed by atoms with E-state index in [0.29, 0.717) is 33.7 Å². The van der Waals surface area contributed by atoms with Crippen molar-refractivity contribution in [1.82, 2.24) is 19.7 Å². The second-order valence-corrected chi connectivity index (χ2v) is 8.86. The molecule has 174 valence electrons. The van der Waals surface area contributed by atoms with Gasteiger partial charge in [-0.1, -0.05) is 11.6 Å². The second kappa shape index (κ2) is 10.3. The summed E-state index contributed by atoms with van der Waals surface area (Å²) in [5.74, 6) is 2.06. The monoisotopic (exact) mass is 468 g/mol. The van der Waals surface area contributed by atoms with Crippen molar-refractivity contribution in [3.8, 4) is 5.82 Å². The summed E-state index contributed by atoms with van der Waals surface area (Å²) in [6.07, 6.45) is 8.23. The molecule has 33 heavy (non-hydrogen) atoms. The Morgan fingerprint density at radius 3 is 2.64 bits per heavy atom. The molecule has 0 bridgehead atoms. The number of hydrogen-bond acceptors (Lipinski definition) is 6. The Hall–Kier alpha value is -2.97. The summed E-state index contributed by atoms with van der Waals surface area (Å²) in [4.78, 5) is 24.2. The molecule has 3 aromatic rings. The maximum Gasteiger partial charge on any atom is 0.259 e. The van der Waals surface area contributed by atoms with Gasteiger partial charge in [-0.3, -0.25) is 4.79 Å². The van der Waals surface area contributed by atoms with Gasteiger partial charge in [-0.15, -0.1) is 0 Å². The van der Waals surface area contributed by atoms with E-state index in [1.165, 1.54) is 0 Å². The Labute approximate surface area is 198 Å². The van der Waals surface area contributed by atoms with E-state index >= 15 is 0 Å². The largest absolute Gasteiger partial charge is 0.385 e. The van der Waals surface area contributed by atoms with Crippen molar-refractivity contribution in [3.63, 3.8) is 0 Å². The highest BCUT2D eigenvalue weighted by molar-refractivity contribution is 6.30. The van der Waals surface area contributed by atoms with E-state index in [0.717, 1.165) is 50.3 Å². The van der Waals surface area contributed by atoms with Crippen molar-refractivity contribution in [3.05, 3.63) is 58.6 Å². The lowest BCUT2D eigenvalue weighted by Gasteiger charge is -2.33. The third-order valence-corrected chi connectivity index (χ3v) is 6.36. The number of hydrogen-bond donors (Lipinski definition) is 1. The molecular formula is C24H29ClN6O2. The average molecular weight is 469 g/mol. The molecule has 1 aliphatic rings. The van der Waals surface area contributed by atoms with Gasteiger partial charge in [0.05, 0.1) is 34.4 Å². The van der Waals surface area contributed by atoms with Crippen LogP contribution in [0.5, 0.6) is 0 Å². The fourth-order valence-corrected chi connectivity index (χ4v) is 4.35. The number of nitrogens with zero attached hydrogens (tertiary/aromatic N) is 5. The first-order chi connectivity index (χ1) is 16.0. The highest BCUT2D eigenvalue weighted by Crippen LogP contribution is 2.27. The van der Waals surface area contributed by atoms with Gasteiger partial charge < -0.3 is 15.0 Å². The van der Waals surface area contributed by atoms with Gasteiger partial charge in [0.25, 0.3) is 5.91 Å². The van der Waals surface area contributed by atoms with E-state index in [9.17, 15) is 4.79 Å². The number of aromatic nitrogens is 4. The fraction of sp³-hybridized carbons (Fsp3) is 0.417. The number of rotatable bonds is 7. The highest BCUT2D eigenvalue weighted by atomic mass is 35.5. The topological polar surface area (TPSA) is 85.2 Å². The van der Waals surface area contributed by atoms with Crippen molar-refractivity contribution < 1.29 is 9.53 Å². The van der Waals surface area contributed by atoms with E-state index in [1.807, 2.05) is 19.9 Å². The summed E-state index contributed by atoms with van der Waals surface area (Å²) in [5.41, 5.74) is 2.88. The summed E-state index contributed by atoms with van der Waals surface area (Å²) in [5, 5.41) is 7.81. The van der Waals surface area contributed by atoms with Crippen LogP contribution in [0.3, 0.4) is 0 Å². The van der Waals surface area contributed by atoms with Crippen LogP contribution in [0.2, 0.25) is 5.02 Å². The third kappa shape index (κ3) is 5.34. The summed E-state index contributed by atoms with van der Waals surface area (Å²) < 4.78 is 6.83. The van der Waals surface area contributed by atoms with Crippen LogP contribution < -0.4 is 10.2 Å². The van der Waals surface area contributed by atoms with E-state index < -0.39 is 0 Å². The number of piperidine rings is 1. The second-order valence-electron chi connectivity index (χ2n) is 8.42. The minimum absolute atomic E-state index is 0.236. The zero-order valence-electron chi connectivity index (χ0n) is 19.2. The van der Waals surface area contributed by atoms with Crippen LogP contribution in [0.1, 0.15) is 40.9 Å². The molecule has 4 rings (SSSR count). The zero-order valence-corrected chi connectivity index (χ0v) is 20.0. The fourth-order valence-electron chi connectivity index (χ4n) is 4.24. The van der Waals surface area contributed by atoms with Crippen molar-refractivity contribution in [2.24, 2.45) is 5.92 Å². The van der Waals surface area contributed by atoms with Crippen LogP contribution in [-0.2, 0) is 4.74 Å². The first kappa shape index (κ1) is 23.2. The molecule has 0 radical (unpaired) electrons. The lowest BCUT2D eigenvalue weighted by atomic mass is 9.94. The SMILES string of the molecule is COCCC1CCN(c2ncc(NC(=O)c3cnn(-c4ccc(Cl)cn4)c3C)cc2C)CC1. The van der Waals surface area contributed by atoms with Gasteiger partial charge in [0.1, 0.15) is 5.82 Å². The van der Waals surface area contributed by atoms with Crippen molar-refractivity contribution >= 4 is 29.0 Å². The summed E-state index contributed by atoms with van der Waals surface area (Å²) in [7, 11) is 1.76. The summed E-state index contributed by atoms with van der Waals surface area (Å²) in [6, 6.07) is 5.47. The molecule has 0 spiro atoms. The van der Waals surface area contributed by atoms with E-state index in [1.54, 1.807) is 42.5 Å². The van der Waals surface area contributed by atoms with Crippen LogP contribution >= 0.6 is 11.6 Å². The number of halogens is 1. The van der Waals surface area contributed by atoms with Gasteiger partial charge in [0.15, 0.2) is 5.82 Å². The van der Waals surface area contributed by atoms with E-state index in [-0.39, 0.29) is 5.91 Å². The first-order valence-electron chi connectivity index (χ1n) is 11.1. The minimum atomic E-state index is -0.236. The molecule has 3 aromatic heterocycles. The Bertz CT molecular complexity index is 1110. The lowest BCUT2D eigenvalue weighted by molar-refractivity contribution is 0.102. The number of anilines is 2. The Morgan fingerprint density at radius 1 is 1.18 bits per heavy atom. The molecule has 1 aliphatic heterocycles. The molecule has 1 amide bonds. The molecular weight excluding hydrogens is 440 g/mol. The van der Waals surface area contributed by atoms with Crippen molar-refractivity contribution in [2.45, 2.75) is 33.1 Å². The number of ether oxygens (including phenoxy) is 1. The molecule has 0 aromatic carbocycles. The number of carbonyl (C=O) groups is 1. The molecule has 0 unspecified atom stereocenters. The van der Waals surface area contributed by atoms with E-state index in [2.05, 4.69) is 25.3 Å². The summed E-state index contributed by atoms with van der Waals surface area (Å²) in [6.45, 7) is 6.67. The van der Waals surface area contributed by atoms with Crippen molar-refractivity contribution in [1.29, 1.82) is 0 Å². The van der Waals surface area contributed by atoms with Crippen LogP contribution in [0.25, 0.3) is 5.82 Å². The van der Waals surface area contributed by atoms with Crippen LogP contribution in [0.4, 0.5) is 11.5 Å². The van der Waals surface area contributed by atoms with Crippen LogP contribution in [-0.4, -0.2) is 52.5 Å². The Morgan fingerprint density at radius 2 is 1.97 bits per heavy atom. The Kier molecular flexibility index (Phi) is 7.25. The van der Waals surface area contributed by atoms with Crippen LogP contribution in [0.15, 0.2) is 36.8 Å². The number of nitrogens with one attached hydrogen (secondary N) is 1. The molecule has 0 atom stereocenters. The van der Waals surface area contributed by atoms with Gasteiger partial charge in [-0.2, -0.15) is 5.10 Å². The average Bonchev–Trinajstić information content (AvgIpc) is 3.20. The minimum Gasteiger partial charge on any atom is -0.385 e. The van der Waals surface area contributed by atoms with Gasteiger partial charge in [-0.05, 0) is 62.8 Å². The zero-order chi connectivity index (χ0) is 23.4. The normalized spacial score (nSPS) is 14.5. The molecule has 1 saturated heterocycles. The molecule has 0 aliphatic carbocycles. The molecule has 0 saturated carbocycles. The van der Waals surface area contributed by atoms with Gasteiger partial charge >= 0.3 is 0 Å². The molecule has 1 N–H and O–H groups in total. The predicted octanol–water partition coefficient (Wildman–Crippen LogP) is 4.44. The first-order valence-corrected chi connectivity index (χ1v) is 11.5. The predicted molar refractivity (Wildman–Crippen MR) is 129 cm³/mol. The van der Waals surface area contributed by atoms with Gasteiger partial charge in [-0.25, -0.2) is 14.6 Å².